The predicted octanol–water partition coefficient (Wildman–Crippen LogP) is 3.68. The maximum absolute atomic E-state index is 12.9. The molecule has 2 rings (SSSR count). The summed E-state index contributed by atoms with van der Waals surface area (Å²) in [4.78, 5) is 21.3. The largest absolute Gasteiger partial charge is 0.510 e. The van der Waals surface area contributed by atoms with E-state index in [1.165, 1.54) is 6.21 Å². The minimum atomic E-state index is -0.280. The number of hydrogen-bond acceptors (Lipinski definition) is 5. The van der Waals surface area contributed by atoms with Crippen molar-refractivity contribution in [3.05, 3.63) is 83.1 Å². The van der Waals surface area contributed by atoms with Crippen molar-refractivity contribution in [2.24, 2.45) is 4.99 Å². The zero-order valence-corrected chi connectivity index (χ0v) is 18.9. The molecule has 0 fully saturated rings. The molecule has 0 heterocycles. The number of likely N-dealkylation sites (N-methyl/N-ethyl adjacent to an activating group) is 2. The van der Waals surface area contributed by atoms with Gasteiger partial charge in [-0.3, -0.25) is 9.79 Å². The van der Waals surface area contributed by atoms with Gasteiger partial charge in [0.25, 0.3) is 0 Å². The van der Waals surface area contributed by atoms with Crippen LogP contribution >= 0.6 is 24.4 Å². The molecule has 2 aromatic rings. The monoisotopic (exact) mass is 439 g/mol. The lowest BCUT2D eigenvalue weighted by Gasteiger charge is -2.22. The summed E-state index contributed by atoms with van der Waals surface area (Å²) in [5, 5.41) is 10.7. The second kappa shape index (κ2) is 11.3. The van der Waals surface area contributed by atoms with Gasteiger partial charge in [0.2, 0.25) is 0 Å². The van der Waals surface area contributed by atoms with E-state index in [1.807, 2.05) is 60.7 Å². The van der Waals surface area contributed by atoms with Gasteiger partial charge < -0.3 is 14.9 Å². The normalized spacial score (nSPS) is 11.7. The predicted molar refractivity (Wildman–Crippen MR) is 131 cm³/mol. The van der Waals surface area contributed by atoms with Gasteiger partial charge in [0.05, 0.1) is 18.7 Å². The fourth-order valence-electron chi connectivity index (χ4n) is 2.79. The molecule has 0 bridgehead atoms. The van der Waals surface area contributed by atoms with Crippen LogP contribution < -0.4 is 0 Å². The average molecular weight is 440 g/mol. The summed E-state index contributed by atoms with van der Waals surface area (Å²) in [7, 11) is 5.08. The summed E-state index contributed by atoms with van der Waals surface area (Å²) in [5.74, 6) is -0.372. The molecular formula is C23H25N3O2S2. The number of benzene rings is 2. The summed E-state index contributed by atoms with van der Waals surface area (Å²) in [5.41, 5.74) is 1.87. The number of ketones is 1. The molecule has 0 radical (unpaired) electrons. The van der Waals surface area contributed by atoms with E-state index in [-0.39, 0.29) is 30.2 Å². The highest BCUT2D eigenvalue weighted by Gasteiger charge is 2.19. The summed E-state index contributed by atoms with van der Waals surface area (Å²) in [6, 6.07) is 19.0. The van der Waals surface area contributed by atoms with Crippen LogP contribution in [0.4, 0.5) is 0 Å². The second-order valence-electron chi connectivity index (χ2n) is 6.73. The summed E-state index contributed by atoms with van der Waals surface area (Å²) in [6.07, 6.45) is 1.37. The van der Waals surface area contributed by atoms with Crippen LogP contribution in [-0.4, -0.2) is 71.1 Å². The molecule has 0 unspecified atom stereocenters. The molecule has 2 aromatic carbocycles. The van der Waals surface area contributed by atoms with E-state index >= 15 is 0 Å². The standard InChI is InChI=1S/C23H25N3O2S2/c1-24-14-19(20(27)15-25(2)22(29)17-10-6-4-7-11-17)21(28)16-26(3)23(30)18-12-8-5-9-13-18/h4-14,27H,15-16H2,1-3H3. The highest BCUT2D eigenvalue weighted by atomic mass is 32.1. The molecule has 0 spiro atoms. The highest BCUT2D eigenvalue weighted by molar-refractivity contribution is 7.80. The molecule has 30 heavy (non-hydrogen) atoms. The Bertz CT molecular complexity index is 957. The molecule has 0 saturated carbocycles. The number of aliphatic imine (C=N–C) groups is 1. The van der Waals surface area contributed by atoms with Crippen LogP contribution in [0.5, 0.6) is 0 Å². The van der Waals surface area contributed by atoms with Crippen molar-refractivity contribution in [2.75, 3.05) is 34.2 Å². The van der Waals surface area contributed by atoms with Gasteiger partial charge in [0.15, 0.2) is 5.78 Å². The third kappa shape index (κ3) is 6.30. The highest BCUT2D eigenvalue weighted by Crippen LogP contribution is 2.11. The summed E-state index contributed by atoms with van der Waals surface area (Å²) >= 11 is 11.0. The number of aliphatic hydroxyl groups excluding tert-OH is 1. The lowest BCUT2D eigenvalue weighted by atomic mass is 10.1. The number of hydrogen-bond donors (Lipinski definition) is 1. The maximum Gasteiger partial charge on any atom is 0.187 e. The van der Waals surface area contributed by atoms with Crippen LogP contribution in [0.25, 0.3) is 0 Å². The lowest BCUT2D eigenvalue weighted by molar-refractivity contribution is -0.115. The van der Waals surface area contributed by atoms with Crippen LogP contribution in [0, 0.1) is 0 Å². The zero-order valence-electron chi connectivity index (χ0n) is 17.3. The van der Waals surface area contributed by atoms with Crippen molar-refractivity contribution in [1.82, 2.24) is 9.80 Å². The molecule has 0 atom stereocenters. The second-order valence-corrected chi connectivity index (χ2v) is 7.50. The van der Waals surface area contributed by atoms with Crippen molar-refractivity contribution in [1.29, 1.82) is 0 Å². The first-order chi connectivity index (χ1) is 14.3. The quantitative estimate of drug-likeness (QED) is 0.293. The average Bonchev–Trinajstić information content (AvgIpc) is 2.77. The molecule has 1 N–H and O–H groups in total. The van der Waals surface area contributed by atoms with E-state index in [1.54, 1.807) is 30.9 Å². The van der Waals surface area contributed by atoms with Gasteiger partial charge in [0.1, 0.15) is 15.7 Å². The topological polar surface area (TPSA) is 56.1 Å². The van der Waals surface area contributed by atoms with Crippen molar-refractivity contribution in [3.8, 4) is 0 Å². The first-order valence-electron chi connectivity index (χ1n) is 9.33. The molecule has 0 aliphatic heterocycles. The fourth-order valence-corrected chi connectivity index (χ4v) is 3.19. The Morgan fingerprint density at radius 1 is 0.900 bits per heavy atom. The Hall–Kier alpha value is -2.90. The molecule has 0 saturated heterocycles. The van der Waals surface area contributed by atoms with Crippen LogP contribution in [-0.2, 0) is 4.79 Å². The third-order valence-electron chi connectivity index (χ3n) is 4.37. The minimum absolute atomic E-state index is 0.0198. The van der Waals surface area contributed by atoms with Crippen molar-refractivity contribution in [3.63, 3.8) is 0 Å². The lowest BCUT2D eigenvalue weighted by Crippen LogP contribution is -2.34. The van der Waals surface area contributed by atoms with Gasteiger partial charge in [-0.05, 0) is 0 Å². The Balaban J connectivity index is 2.13. The summed E-state index contributed by atoms with van der Waals surface area (Å²) < 4.78 is 0. The fraction of sp³-hybridized carbons (Fsp3) is 0.217. The molecule has 0 amide bonds. The van der Waals surface area contributed by atoms with E-state index in [2.05, 4.69) is 4.99 Å². The van der Waals surface area contributed by atoms with Gasteiger partial charge in [-0.2, -0.15) is 0 Å². The Labute approximate surface area is 188 Å². The van der Waals surface area contributed by atoms with E-state index in [9.17, 15) is 9.90 Å². The smallest absolute Gasteiger partial charge is 0.187 e. The molecular weight excluding hydrogens is 414 g/mol. The maximum atomic E-state index is 12.9. The first-order valence-corrected chi connectivity index (χ1v) is 10.1. The van der Waals surface area contributed by atoms with Crippen LogP contribution in [0.2, 0.25) is 0 Å². The van der Waals surface area contributed by atoms with Crippen LogP contribution in [0.1, 0.15) is 11.1 Å². The minimum Gasteiger partial charge on any atom is -0.510 e. The van der Waals surface area contributed by atoms with E-state index < -0.39 is 0 Å². The van der Waals surface area contributed by atoms with Crippen molar-refractivity contribution < 1.29 is 9.90 Å². The van der Waals surface area contributed by atoms with Gasteiger partial charge in [-0.15, -0.1) is 0 Å². The number of carbonyl (C=O) groups is 1. The third-order valence-corrected chi connectivity index (χ3v) is 5.47. The Kier molecular flexibility index (Phi) is 8.83. The molecule has 0 aromatic heterocycles. The molecule has 0 aliphatic carbocycles. The Morgan fingerprint density at radius 3 is 1.77 bits per heavy atom. The van der Waals surface area contributed by atoms with Gasteiger partial charge in [-0.1, -0.05) is 85.1 Å². The van der Waals surface area contributed by atoms with Gasteiger partial charge in [0, 0.05) is 38.5 Å². The van der Waals surface area contributed by atoms with Gasteiger partial charge >= 0.3 is 0 Å². The number of nitrogens with zero attached hydrogens (tertiary/aromatic N) is 3. The van der Waals surface area contributed by atoms with Crippen molar-refractivity contribution in [2.45, 2.75) is 0 Å². The number of thiocarbonyl (C=S) groups is 2. The Morgan fingerprint density at radius 2 is 1.33 bits per heavy atom. The molecule has 156 valence electrons. The number of aliphatic hydroxyl groups is 1. The number of Topliss-reactive ketones (excluding diaryl/α,β-unsaturated/α-hetero) is 1. The van der Waals surface area contributed by atoms with Crippen molar-refractivity contribution >= 4 is 46.4 Å². The first kappa shape index (κ1) is 23.4. The molecule has 5 nitrogen and oxygen atoms in total. The molecule has 7 heteroatoms. The van der Waals surface area contributed by atoms with E-state index in [4.69, 9.17) is 24.4 Å². The van der Waals surface area contributed by atoms with Crippen LogP contribution in [0.15, 0.2) is 77.0 Å². The number of carbonyl (C=O) groups excluding carboxylic acids is 1. The van der Waals surface area contributed by atoms with Gasteiger partial charge in [-0.25, -0.2) is 0 Å². The number of rotatable bonds is 8. The zero-order chi connectivity index (χ0) is 22.1. The summed E-state index contributed by atoms with van der Waals surface area (Å²) in [6.45, 7) is 0.111. The van der Waals surface area contributed by atoms with Crippen LogP contribution in [0.3, 0.4) is 0 Å². The SMILES string of the molecule is CN=CC(C(=O)CN(C)C(=S)c1ccccc1)=C(O)CN(C)C(=S)c1ccccc1. The van der Waals surface area contributed by atoms with E-state index in [0.717, 1.165) is 11.1 Å². The molecule has 0 aliphatic rings. The van der Waals surface area contributed by atoms with E-state index in [0.29, 0.717) is 9.98 Å².